The molecule has 0 bridgehead atoms. The van der Waals surface area contributed by atoms with Gasteiger partial charge in [-0.2, -0.15) is 0 Å². The van der Waals surface area contributed by atoms with Gasteiger partial charge in [-0.3, -0.25) is 9.69 Å². The van der Waals surface area contributed by atoms with Gasteiger partial charge >= 0.3 is 5.97 Å². The maximum atomic E-state index is 10.6. The van der Waals surface area contributed by atoms with E-state index >= 15 is 0 Å². The van der Waals surface area contributed by atoms with Gasteiger partial charge in [0.05, 0.1) is 0 Å². The molecule has 0 aromatic rings. The second-order valence-corrected chi connectivity index (χ2v) is 5.43. The molecular weight excluding hydrogens is 202 g/mol. The van der Waals surface area contributed by atoms with Gasteiger partial charge in [0.15, 0.2) is 0 Å². The predicted octanol–water partition coefficient (Wildman–Crippen LogP) is 2.75. The summed E-state index contributed by atoms with van der Waals surface area (Å²) in [4.78, 5) is 13.1. The van der Waals surface area contributed by atoms with Crippen molar-refractivity contribution < 1.29 is 9.90 Å². The minimum absolute atomic E-state index is 0.298. The van der Waals surface area contributed by atoms with Crippen LogP contribution in [0.4, 0.5) is 0 Å². The lowest BCUT2D eigenvalue weighted by Gasteiger charge is -2.29. The van der Waals surface area contributed by atoms with Gasteiger partial charge in [0.25, 0.3) is 0 Å². The molecule has 0 amide bonds. The third kappa shape index (κ3) is 4.97. The highest BCUT2D eigenvalue weighted by Gasteiger charge is 2.31. The smallest absolute Gasteiger partial charge is 0.303 e. The fourth-order valence-corrected chi connectivity index (χ4v) is 2.07. The normalized spacial score (nSPS) is 18.1. The molecule has 1 fully saturated rings. The molecule has 1 aliphatic rings. The van der Waals surface area contributed by atoms with E-state index in [2.05, 4.69) is 25.7 Å². The lowest BCUT2D eigenvalue weighted by Crippen LogP contribution is -2.36. The zero-order chi connectivity index (χ0) is 12.1. The molecule has 0 aromatic heterocycles. The van der Waals surface area contributed by atoms with Gasteiger partial charge in [-0.1, -0.05) is 13.8 Å². The molecule has 0 aliphatic heterocycles. The van der Waals surface area contributed by atoms with Crippen LogP contribution in [0.3, 0.4) is 0 Å². The van der Waals surface area contributed by atoms with E-state index in [1.54, 1.807) is 0 Å². The monoisotopic (exact) mass is 227 g/mol. The van der Waals surface area contributed by atoms with Crippen LogP contribution in [-0.2, 0) is 4.79 Å². The summed E-state index contributed by atoms with van der Waals surface area (Å²) in [5.41, 5.74) is 0. The Hall–Kier alpha value is -0.570. The third-order valence-corrected chi connectivity index (χ3v) is 3.32. The molecule has 0 radical (unpaired) electrons. The summed E-state index contributed by atoms with van der Waals surface area (Å²) in [5, 5.41) is 8.70. The molecule has 3 heteroatoms. The van der Waals surface area contributed by atoms with Crippen molar-refractivity contribution in [2.45, 2.75) is 65.0 Å². The van der Waals surface area contributed by atoms with Gasteiger partial charge < -0.3 is 5.11 Å². The summed E-state index contributed by atoms with van der Waals surface area (Å²) in [6.45, 7) is 7.78. The number of carboxylic acids is 1. The molecule has 1 saturated carbocycles. The molecule has 1 unspecified atom stereocenters. The van der Waals surface area contributed by atoms with Crippen molar-refractivity contribution in [3.8, 4) is 0 Å². The van der Waals surface area contributed by atoms with Crippen molar-refractivity contribution in [3.05, 3.63) is 0 Å². The van der Waals surface area contributed by atoms with Crippen molar-refractivity contribution in [1.82, 2.24) is 4.90 Å². The van der Waals surface area contributed by atoms with Crippen molar-refractivity contribution in [2.75, 3.05) is 6.54 Å². The predicted molar refractivity (Wildman–Crippen MR) is 65.5 cm³/mol. The maximum absolute atomic E-state index is 10.6. The SMILES string of the molecule is CC(C)CCN(C(C)CCC(=O)O)C1CC1. The van der Waals surface area contributed by atoms with Crippen molar-refractivity contribution >= 4 is 5.97 Å². The number of nitrogens with zero attached hydrogens (tertiary/aromatic N) is 1. The Bertz CT molecular complexity index is 224. The van der Waals surface area contributed by atoms with E-state index in [4.69, 9.17) is 5.11 Å². The first-order chi connectivity index (χ1) is 7.50. The van der Waals surface area contributed by atoms with Crippen LogP contribution in [0.5, 0.6) is 0 Å². The minimum Gasteiger partial charge on any atom is -0.481 e. The number of carbonyl (C=O) groups is 1. The van der Waals surface area contributed by atoms with Gasteiger partial charge in [-0.25, -0.2) is 0 Å². The summed E-state index contributed by atoms with van der Waals surface area (Å²) in [6.07, 6.45) is 4.90. The fraction of sp³-hybridized carbons (Fsp3) is 0.923. The zero-order valence-electron chi connectivity index (χ0n) is 10.8. The maximum Gasteiger partial charge on any atom is 0.303 e. The van der Waals surface area contributed by atoms with E-state index < -0.39 is 5.97 Å². The van der Waals surface area contributed by atoms with Crippen LogP contribution < -0.4 is 0 Å². The standard InChI is InChI=1S/C13H25NO2/c1-10(2)8-9-14(12-5-6-12)11(3)4-7-13(15)16/h10-12H,4-9H2,1-3H3,(H,15,16). The first-order valence-corrected chi connectivity index (χ1v) is 6.48. The van der Waals surface area contributed by atoms with Crippen LogP contribution >= 0.6 is 0 Å². The third-order valence-electron chi connectivity index (χ3n) is 3.32. The summed E-state index contributed by atoms with van der Waals surface area (Å²) < 4.78 is 0. The molecule has 1 rings (SSSR count). The Balaban J connectivity index is 2.33. The van der Waals surface area contributed by atoms with Crippen molar-refractivity contribution in [3.63, 3.8) is 0 Å². The highest BCUT2D eigenvalue weighted by molar-refractivity contribution is 5.66. The van der Waals surface area contributed by atoms with Crippen LogP contribution in [-0.4, -0.2) is 34.6 Å². The average molecular weight is 227 g/mol. The number of hydrogen-bond donors (Lipinski definition) is 1. The second-order valence-electron chi connectivity index (χ2n) is 5.43. The van der Waals surface area contributed by atoms with Crippen LogP contribution in [0.25, 0.3) is 0 Å². The van der Waals surface area contributed by atoms with E-state index in [9.17, 15) is 4.79 Å². The fourth-order valence-electron chi connectivity index (χ4n) is 2.07. The molecule has 0 saturated heterocycles. The van der Waals surface area contributed by atoms with Crippen LogP contribution in [0, 0.1) is 5.92 Å². The largest absolute Gasteiger partial charge is 0.481 e. The first-order valence-electron chi connectivity index (χ1n) is 6.48. The summed E-state index contributed by atoms with van der Waals surface area (Å²) in [7, 11) is 0. The number of aliphatic carboxylic acids is 1. The highest BCUT2D eigenvalue weighted by atomic mass is 16.4. The quantitative estimate of drug-likeness (QED) is 0.693. The average Bonchev–Trinajstić information content (AvgIpc) is 2.98. The lowest BCUT2D eigenvalue weighted by atomic mass is 10.1. The summed E-state index contributed by atoms with van der Waals surface area (Å²) in [5.74, 6) is 0.0550. The number of carboxylic acid groups (broad SMARTS) is 1. The van der Waals surface area contributed by atoms with E-state index in [1.165, 1.54) is 19.3 Å². The van der Waals surface area contributed by atoms with E-state index in [-0.39, 0.29) is 0 Å². The van der Waals surface area contributed by atoms with Crippen LogP contribution in [0.1, 0.15) is 52.9 Å². The second kappa shape index (κ2) is 6.24. The Labute approximate surface area is 98.8 Å². The topological polar surface area (TPSA) is 40.5 Å². The molecule has 0 spiro atoms. The van der Waals surface area contributed by atoms with Gasteiger partial charge in [0.1, 0.15) is 0 Å². The molecule has 16 heavy (non-hydrogen) atoms. The molecule has 3 nitrogen and oxygen atoms in total. The molecule has 0 heterocycles. The molecule has 1 N–H and O–H groups in total. The van der Waals surface area contributed by atoms with Crippen molar-refractivity contribution in [2.24, 2.45) is 5.92 Å². The summed E-state index contributed by atoms with van der Waals surface area (Å²) >= 11 is 0. The molecular formula is C13H25NO2. The van der Waals surface area contributed by atoms with E-state index in [0.717, 1.165) is 24.9 Å². The molecule has 1 aliphatic carbocycles. The summed E-state index contributed by atoms with van der Waals surface area (Å²) in [6, 6.07) is 1.16. The zero-order valence-corrected chi connectivity index (χ0v) is 10.8. The van der Waals surface area contributed by atoms with Crippen molar-refractivity contribution in [1.29, 1.82) is 0 Å². The molecule has 94 valence electrons. The first kappa shape index (κ1) is 13.5. The molecule has 0 aromatic carbocycles. The number of rotatable bonds is 8. The van der Waals surface area contributed by atoms with E-state index in [1.807, 2.05) is 0 Å². The van der Waals surface area contributed by atoms with Gasteiger partial charge in [0, 0.05) is 18.5 Å². The Morgan fingerprint density at radius 1 is 1.31 bits per heavy atom. The lowest BCUT2D eigenvalue weighted by molar-refractivity contribution is -0.137. The highest BCUT2D eigenvalue weighted by Crippen LogP contribution is 2.30. The van der Waals surface area contributed by atoms with Gasteiger partial charge in [0.2, 0.25) is 0 Å². The van der Waals surface area contributed by atoms with E-state index in [0.29, 0.717) is 12.5 Å². The minimum atomic E-state index is -0.675. The Morgan fingerprint density at radius 2 is 1.94 bits per heavy atom. The Morgan fingerprint density at radius 3 is 2.38 bits per heavy atom. The Kier molecular flexibility index (Phi) is 5.26. The van der Waals surface area contributed by atoms with Crippen LogP contribution in [0.15, 0.2) is 0 Å². The number of hydrogen-bond acceptors (Lipinski definition) is 2. The van der Waals surface area contributed by atoms with Gasteiger partial charge in [-0.15, -0.1) is 0 Å². The van der Waals surface area contributed by atoms with Gasteiger partial charge in [-0.05, 0) is 45.1 Å². The van der Waals surface area contributed by atoms with Crippen LogP contribution in [0.2, 0.25) is 0 Å². The molecule has 1 atom stereocenters.